The van der Waals surface area contributed by atoms with Gasteiger partial charge in [0.05, 0.1) is 12.5 Å². The predicted octanol–water partition coefficient (Wildman–Crippen LogP) is 3.00. The fourth-order valence-electron chi connectivity index (χ4n) is 1.96. The highest BCUT2D eigenvalue weighted by Gasteiger charge is 2.09. The quantitative estimate of drug-likeness (QED) is 0.777. The van der Waals surface area contributed by atoms with E-state index >= 15 is 0 Å². The molecule has 1 aromatic rings. The van der Waals surface area contributed by atoms with Crippen LogP contribution in [0.15, 0.2) is 24.3 Å². The average Bonchev–Trinajstić information content (AvgIpc) is 2.37. The van der Waals surface area contributed by atoms with Crippen molar-refractivity contribution in [2.45, 2.75) is 51.6 Å². The van der Waals surface area contributed by atoms with Gasteiger partial charge >= 0.3 is 0 Å². The van der Waals surface area contributed by atoms with E-state index in [0.29, 0.717) is 24.3 Å². The van der Waals surface area contributed by atoms with Crippen LogP contribution in [-0.4, -0.2) is 17.2 Å². The first-order chi connectivity index (χ1) is 8.65. The highest BCUT2D eigenvalue weighted by atomic mass is 16.3. The van der Waals surface area contributed by atoms with Gasteiger partial charge in [-0.2, -0.15) is 5.26 Å². The second-order valence-corrected chi connectivity index (χ2v) is 4.74. The first kappa shape index (κ1) is 14.5. The van der Waals surface area contributed by atoms with Crippen LogP contribution >= 0.6 is 0 Å². The van der Waals surface area contributed by atoms with Gasteiger partial charge in [-0.1, -0.05) is 19.1 Å². The van der Waals surface area contributed by atoms with Gasteiger partial charge in [-0.05, 0) is 43.9 Å². The molecular formula is C15H22N2O. The molecule has 0 aliphatic rings. The van der Waals surface area contributed by atoms with Crippen LogP contribution in [0.3, 0.4) is 0 Å². The van der Waals surface area contributed by atoms with Crippen molar-refractivity contribution < 1.29 is 5.11 Å². The highest BCUT2D eigenvalue weighted by molar-refractivity contribution is 5.25. The summed E-state index contributed by atoms with van der Waals surface area (Å²) in [6.45, 7) is 4.25. The van der Waals surface area contributed by atoms with Gasteiger partial charge in [0.1, 0.15) is 5.75 Å². The van der Waals surface area contributed by atoms with Crippen LogP contribution in [0.5, 0.6) is 5.75 Å². The molecule has 0 bridgehead atoms. The monoisotopic (exact) mass is 246 g/mol. The van der Waals surface area contributed by atoms with E-state index in [0.717, 1.165) is 19.3 Å². The number of hydrogen-bond acceptors (Lipinski definition) is 3. The second-order valence-electron chi connectivity index (χ2n) is 4.74. The van der Waals surface area contributed by atoms with Crippen molar-refractivity contribution in [3.05, 3.63) is 29.8 Å². The predicted molar refractivity (Wildman–Crippen MR) is 73.3 cm³/mol. The van der Waals surface area contributed by atoms with E-state index in [1.165, 1.54) is 5.56 Å². The average molecular weight is 246 g/mol. The molecule has 0 saturated carbocycles. The van der Waals surface area contributed by atoms with Gasteiger partial charge < -0.3 is 10.4 Å². The number of nitriles is 1. The van der Waals surface area contributed by atoms with Crippen LogP contribution in [0.2, 0.25) is 0 Å². The molecule has 1 rings (SSSR count). The normalized spacial score (nSPS) is 13.8. The molecule has 2 N–H and O–H groups in total. The SMILES string of the molecule is CCC(CC#N)NC(C)CCc1ccc(O)cc1. The lowest BCUT2D eigenvalue weighted by atomic mass is 10.0. The number of nitrogens with zero attached hydrogens (tertiary/aromatic N) is 1. The van der Waals surface area contributed by atoms with Gasteiger partial charge in [-0.15, -0.1) is 0 Å². The van der Waals surface area contributed by atoms with Crippen molar-refractivity contribution in [3.8, 4) is 11.8 Å². The molecule has 0 fully saturated rings. The first-order valence-corrected chi connectivity index (χ1v) is 6.56. The standard InChI is InChI=1S/C15H22N2O/c1-3-14(10-11-16)17-12(2)4-5-13-6-8-15(18)9-7-13/h6-9,12,14,17-18H,3-5,10H2,1-2H3. The van der Waals surface area contributed by atoms with Gasteiger partial charge in [-0.3, -0.25) is 0 Å². The van der Waals surface area contributed by atoms with Crippen LogP contribution in [-0.2, 0) is 6.42 Å². The number of phenols is 1. The zero-order valence-corrected chi connectivity index (χ0v) is 11.2. The molecule has 2 unspecified atom stereocenters. The Bertz CT molecular complexity index is 380. The van der Waals surface area contributed by atoms with Crippen molar-refractivity contribution in [2.75, 3.05) is 0 Å². The van der Waals surface area contributed by atoms with Gasteiger partial charge in [0.2, 0.25) is 0 Å². The maximum Gasteiger partial charge on any atom is 0.115 e. The van der Waals surface area contributed by atoms with Gasteiger partial charge in [0, 0.05) is 12.1 Å². The number of aryl methyl sites for hydroxylation is 1. The lowest BCUT2D eigenvalue weighted by Gasteiger charge is -2.20. The number of aromatic hydroxyl groups is 1. The lowest BCUT2D eigenvalue weighted by molar-refractivity contribution is 0.421. The summed E-state index contributed by atoms with van der Waals surface area (Å²) in [5.41, 5.74) is 1.23. The molecule has 0 spiro atoms. The minimum absolute atomic E-state index is 0.296. The van der Waals surface area contributed by atoms with Crippen molar-refractivity contribution in [1.82, 2.24) is 5.32 Å². The minimum Gasteiger partial charge on any atom is -0.508 e. The summed E-state index contributed by atoms with van der Waals surface area (Å²) in [6.07, 6.45) is 3.57. The molecule has 0 aromatic heterocycles. The lowest BCUT2D eigenvalue weighted by Crippen LogP contribution is -2.36. The number of benzene rings is 1. The third-order valence-electron chi connectivity index (χ3n) is 3.15. The molecule has 18 heavy (non-hydrogen) atoms. The molecular weight excluding hydrogens is 224 g/mol. The molecule has 0 saturated heterocycles. The number of hydrogen-bond donors (Lipinski definition) is 2. The maximum absolute atomic E-state index is 9.20. The molecule has 0 aliphatic heterocycles. The summed E-state index contributed by atoms with van der Waals surface area (Å²) < 4.78 is 0. The molecule has 3 nitrogen and oxygen atoms in total. The maximum atomic E-state index is 9.20. The number of phenolic OH excluding ortho intramolecular Hbond substituents is 1. The summed E-state index contributed by atoms with van der Waals surface area (Å²) in [7, 11) is 0. The van der Waals surface area contributed by atoms with Gasteiger partial charge in [0.25, 0.3) is 0 Å². The Morgan fingerprint density at radius 1 is 1.33 bits per heavy atom. The van der Waals surface area contributed by atoms with E-state index in [4.69, 9.17) is 5.26 Å². The molecule has 98 valence electrons. The van der Waals surface area contributed by atoms with Crippen molar-refractivity contribution in [3.63, 3.8) is 0 Å². The van der Waals surface area contributed by atoms with E-state index in [2.05, 4.69) is 25.2 Å². The molecule has 0 amide bonds. The molecule has 0 aliphatic carbocycles. The number of rotatable bonds is 7. The Morgan fingerprint density at radius 3 is 2.56 bits per heavy atom. The van der Waals surface area contributed by atoms with Crippen LogP contribution in [0.25, 0.3) is 0 Å². The Hall–Kier alpha value is -1.53. The number of nitrogens with one attached hydrogen (secondary N) is 1. The van der Waals surface area contributed by atoms with Crippen LogP contribution in [0, 0.1) is 11.3 Å². The van der Waals surface area contributed by atoms with E-state index in [-0.39, 0.29) is 0 Å². The van der Waals surface area contributed by atoms with E-state index in [1.807, 2.05) is 12.1 Å². The van der Waals surface area contributed by atoms with E-state index < -0.39 is 0 Å². The van der Waals surface area contributed by atoms with Crippen LogP contribution in [0.1, 0.15) is 38.7 Å². The first-order valence-electron chi connectivity index (χ1n) is 6.56. The molecule has 1 aromatic carbocycles. The van der Waals surface area contributed by atoms with E-state index in [9.17, 15) is 5.11 Å². The fourth-order valence-corrected chi connectivity index (χ4v) is 1.96. The van der Waals surface area contributed by atoms with Crippen LogP contribution in [0.4, 0.5) is 0 Å². The summed E-state index contributed by atoms with van der Waals surface area (Å²) in [5, 5.41) is 21.4. The van der Waals surface area contributed by atoms with Crippen molar-refractivity contribution >= 4 is 0 Å². The fraction of sp³-hybridized carbons (Fsp3) is 0.533. The zero-order valence-electron chi connectivity index (χ0n) is 11.2. The summed E-state index contributed by atoms with van der Waals surface area (Å²) in [5.74, 6) is 0.310. The van der Waals surface area contributed by atoms with Gasteiger partial charge in [0.15, 0.2) is 0 Å². The Morgan fingerprint density at radius 2 is 2.00 bits per heavy atom. The third-order valence-corrected chi connectivity index (χ3v) is 3.15. The molecule has 3 heteroatoms. The Labute approximate surface area is 109 Å². The van der Waals surface area contributed by atoms with Crippen LogP contribution < -0.4 is 5.32 Å². The molecule has 0 heterocycles. The Kier molecular flexibility index (Phi) is 6.24. The molecule has 0 radical (unpaired) electrons. The second kappa shape index (κ2) is 7.73. The largest absolute Gasteiger partial charge is 0.508 e. The van der Waals surface area contributed by atoms with E-state index in [1.54, 1.807) is 12.1 Å². The van der Waals surface area contributed by atoms with Gasteiger partial charge in [-0.25, -0.2) is 0 Å². The summed E-state index contributed by atoms with van der Waals surface area (Å²) in [6, 6.07) is 10.3. The summed E-state index contributed by atoms with van der Waals surface area (Å²) >= 11 is 0. The summed E-state index contributed by atoms with van der Waals surface area (Å²) in [4.78, 5) is 0. The van der Waals surface area contributed by atoms with Crippen molar-refractivity contribution in [2.24, 2.45) is 0 Å². The molecule has 2 atom stereocenters. The smallest absolute Gasteiger partial charge is 0.115 e. The topological polar surface area (TPSA) is 56.0 Å². The highest BCUT2D eigenvalue weighted by Crippen LogP contribution is 2.12. The third kappa shape index (κ3) is 5.20. The zero-order chi connectivity index (χ0) is 13.4. The Balaban J connectivity index is 2.34. The van der Waals surface area contributed by atoms with Crippen molar-refractivity contribution in [1.29, 1.82) is 5.26 Å². The minimum atomic E-state index is 0.296.